The van der Waals surface area contributed by atoms with E-state index >= 15 is 0 Å². The molecule has 0 saturated carbocycles. The topological polar surface area (TPSA) is 55.2 Å². The molecule has 0 bridgehead atoms. The molecule has 6 heteroatoms. The van der Waals surface area contributed by atoms with Gasteiger partial charge in [0, 0.05) is 49.3 Å². The standard InChI is InChI=1S/C24H25N5O/c1-17-15-29(10-11-30-17)22-5-3-4-21(14-22)26-24-13-19(8-9-25-24)18-6-7-23-20(12-18)16-28(2)27-23/h3-9,12-14,16-17H,10-11,15H2,1-2H3,(H,25,26)/t17-/m1/s1. The first-order valence-electron chi connectivity index (χ1n) is 10.3. The number of pyridine rings is 1. The van der Waals surface area contributed by atoms with Gasteiger partial charge in [-0.15, -0.1) is 0 Å². The van der Waals surface area contributed by atoms with Crippen LogP contribution in [0, 0.1) is 0 Å². The minimum Gasteiger partial charge on any atom is -0.375 e. The first kappa shape index (κ1) is 18.6. The number of benzene rings is 2. The van der Waals surface area contributed by atoms with E-state index in [1.54, 1.807) is 0 Å². The van der Waals surface area contributed by atoms with Crippen molar-refractivity contribution in [2.75, 3.05) is 29.9 Å². The summed E-state index contributed by atoms with van der Waals surface area (Å²) in [5.74, 6) is 0.825. The fourth-order valence-electron chi connectivity index (χ4n) is 3.99. The summed E-state index contributed by atoms with van der Waals surface area (Å²) < 4.78 is 7.51. The molecule has 0 amide bonds. The van der Waals surface area contributed by atoms with Gasteiger partial charge in [0.2, 0.25) is 0 Å². The van der Waals surface area contributed by atoms with E-state index in [1.165, 1.54) is 5.69 Å². The van der Waals surface area contributed by atoms with Crippen molar-refractivity contribution in [2.24, 2.45) is 7.05 Å². The number of morpholine rings is 1. The van der Waals surface area contributed by atoms with Crippen LogP contribution in [0.25, 0.3) is 22.0 Å². The van der Waals surface area contributed by atoms with Crippen LogP contribution in [0.2, 0.25) is 0 Å². The van der Waals surface area contributed by atoms with Gasteiger partial charge in [0.05, 0.1) is 18.2 Å². The average Bonchev–Trinajstić information content (AvgIpc) is 3.13. The summed E-state index contributed by atoms with van der Waals surface area (Å²) in [6.07, 6.45) is 4.14. The maximum atomic E-state index is 5.67. The molecule has 0 spiro atoms. The Kier molecular flexibility index (Phi) is 4.85. The highest BCUT2D eigenvalue weighted by molar-refractivity contribution is 5.84. The van der Waals surface area contributed by atoms with E-state index in [1.807, 2.05) is 30.2 Å². The Bertz CT molecular complexity index is 1190. The molecule has 1 fully saturated rings. The molecule has 152 valence electrons. The molecule has 6 nitrogen and oxygen atoms in total. The second-order valence-corrected chi connectivity index (χ2v) is 7.81. The van der Waals surface area contributed by atoms with E-state index in [0.717, 1.165) is 53.2 Å². The molecule has 1 atom stereocenters. The zero-order valence-corrected chi connectivity index (χ0v) is 17.2. The second kappa shape index (κ2) is 7.80. The van der Waals surface area contributed by atoms with Gasteiger partial charge in [-0.2, -0.15) is 5.10 Å². The molecule has 4 aromatic rings. The lowest BCUT2D eigenvalue weighted by atomic mass is 10.1. The first-order chi connectivity index (χ1) is 14.6. The summed E-state index contributed by atoms with van der Waals surface area (Å²) in [5, 5.41) is 9.05. The minimum absolute atomic E-state index is 0.255. The van der Waals surface area contributed by atoms with Crippen molar-refractivity contribution in [1.29, 1.82) is 0 Å². The van der Waals surface area contributed by atoms with Gasteiger partial charge in [0.15, 0.2) is 0 Å². The number of nitrogens with one attached hydrogen (secondary N) is 1. The molecular weight excluding hydrogens is 374 g/mol. The van der Waals surface area contributed by atoms with Crippen LogP contribution in [0.15, 0.2) is 67.0 Å². The lowest BCUT2D eigenvalue weighted by Gasteiger charge is -2.33. The smallest absolute Gasteiger partial charge is 0.130 e. The Labute approximate surface area is 176 Å². The highest BCUT2D eigenvalue weighted by Crippen LogP contribution is 2.27. The number of ether oxygens (including phenoxy) is 1. The number of hydrogen-bond donors (Lipinski definition) is 1. The molecule has 1 N–H and O–H groups in total. The third kappa shape index (κ3) is 3.86. The van der Waals surface area contributed by atoms with E-state index < -0.39 is 0 Å². The number of fused-ring (bicyclic) bond motifs is 1. The molecular formula is C24H25N5O. The Balaban J connectivity index is 1.38. The van der Waals surface area contributed by atoms with Crippen LogP contribution in [0.1, 0.15) is 6.92 Å². The Morgan fingerprint density at radius 2 is 1.97 bits per heavy atom. The van der Waals surface area contributed by atoms with Crippen molar-refractivity contribution in [3.8, 4) is 11.1 Å². The van der Waals surface area contributed by atoms with E-state index in [4.69, 9.17) is 4.74 Å². The SMILES string of the molecule is C[C@@H]1CN(c2cccc(Nc3cc(-c4ccc5nn(C)cc5c4)ccn3)c2)CCO1. The Morgan fingerprint density at radius 3 is 2.87 bits per heavy atom. The van der Waals surface area contributed by atoms with Crippen molar-refractivity contribution in [3.05, 3.63) is 67.0 Å². The quantitative estimate of drug-likeness (QED) is 0.543. The van der Waals surface area contributed by atoms with Gasteiger partial charge in [-0.25, -0.2) is 4.98 Å². The summed E-state index contributed by atoms with van der Waals surface area (Å²) in [7, 11) is 1.94. The number of hydrogen-bond acceptors (Lipinski definition) is 5. The van der Waals surface area contributed by atoms with E-state index in [0.29, 0.717) is 0 Å². The Morgan fingerprint density at radius 1 is 1.07 bits per heavy atom. The average molecular weight is 399 g/mol. The molecule has 5 rings (SSSR count). The summed E-state index contributed by atoms with van der Waals surface area (Å²) in [6.45, 7) is 4.71. The van der Waals surface area contributed by atoms with Crippen LogP contribution >= 0.6 is 0 Å². The minimum atomic E-state index is 0.255. The monoisotopic (exact) mass is 399 g/mol. The van der Waals surface area contributed by atoms with Crippen LogP contribution in [0.4, 0.5) is 17.2 Å². The van der Waals surface area contributed by atoms with Crippen LogP contribution in [-0.4, -0.2) is 40.6 Å². The molecule has 0 aliphatic carbocycles. The molecule has 30 heavy (non-hydrogen) atoms. The van der Waals surface area contributed by atoms with Gasteiger partial charge in [-0.05, 0) is 60.5 Å². The fraction of sp³-hybridized carbons (Fsp3) is 0.250. The molecule has 1 saturated heterocycles. The van der Waals surface area contributed by atoms with Gasteiger partial charge in [0.1, 0.15) is 5.82 Å². The van der Waals surface area contributed by atoms with Crippen LogP contribution in [0.3, 0.4) is 0 Å². The summed E-state index contributed by atoms with van der Waals surface area (Å²) in [4.78, 5) is 6.89. The zero-order valence-electron chi connectivity index (χ0n) is 17.2. The third-order valence-electron chi connectivity index (χ3n) is 5.44. The van der Waals surface area contributed by atoms with E-state index in [9.17, 15) is 0 Å². The number of rotatable bonds is 4. The molecule has 1 aliphatic heterocycles. The molecule has 0 unspecified atom stereocenters. The van der Waals surface area contributed by atoms with Crippen LogP contribution < -0.4 is 10.2 Å². The number of nitrogens with zero attached hydrogens (tertiary/aromatic N) is 4. The lowest BCUT2D eigenvalue weighted by molar-refractivity contribution is 0.0532. The summed E-state index contributed by atoms with van der Waals surface area (Å²) >= 11 is 0. The van der Waals surface area contributed by atoms with Crippen molar-refractivity contribution >= 4 is 28.1 Å². The van der Waals surface area contributed by atoms with Crippen molar-refractivity contribution in [3.63, 3.8) is 0 Å². The third-order valence-corrected chi connectivity index (χ3v) is 5.44. The summed E-state index contributed by atoms with van der Waals surface area (Å²) in [5.41, 5.74) is 5.50. The van der Waals surface area contributed by atoms with Crippen LogP contribution in [-0.2, 0) is 11.8 Å². The molecule has 2 aromatic carbocycles. The van der Waals surface area contributed by atoms with E-state index in [-0.39, 0.29) is 6.10 Å². The lowest BCUT2D eigenvalue weighted by Crippen LogP contribution is -2.41. The Hall–Kier alpha value is -3.38. The highest BCUT2D eigenvalue weighted by atomic mass is 16.5. The van der Waals surface area contributed by atoms with Gasteiger partial charge in [-0.3, -0.25) is 4.68 Å². The van der Waals surface area contributed by atoms with Gasteiger partial charge in [0.25, 0.3) is 0 Å². The summed E-state index contributed by atoms with van der Waals surface area (Å²) in [6, 6.07) is 18.9. The number of anilines is 3. The molecule has 1 aliphatic rings. The van der Waals surface area contributed by atoms with Crippen molar-refractivity contribution < 1.29 is 4.74 Å². The molecule has 3 heterocycles. The van der Waals surface area contributed by atoms with Crippen molar-refractivity contribution in [2.45, 2.75) is 13.0 Å². The van der Waals surface area contributed by atoms with Gasteiger partial charge >= 0.3 is 0 Å². The largest absolute Gasteiger partial charge is 0.375 e. The van der Waals surface area contributed by atoms with Gasteiger partial charge in [-0.1, -0.05) is 12.1 Å². The normalized spacial score (nSPS) is 16.7. The maximum absolute atomic E-state index is 5.67. The highest BCUT2D eigenvalue weighted by Gasteiger charge is 2.17. The zero-order chi connectivity index (χ0) is 20.5. The van der Waals surface area contributed by atoms with Crippen molar-refractivity contribution in [1.82, 2.24) is 14.8 Å². The fourth-order valence-corrected chi connectivity index (χ4v) is 3.99. The first-order valence-corrected chi connectivity index (χ1v) is 10.3. The van der Waals surface area contributed by atoms with Crippen LogP contribution in [0.5, 0.6) is 0 Å². The number of aromatic nitrogens is 3. The predicted molar refractivity (Wildman–Crippen MR) is 121 cm³/mol. The molecule has 0 radical (unpaired) electrons. The predicted octanol–water partition coefficient (Wildman–Crippen LogP) is 4.60. The molecule has 2 aromatic heterocycles. The second-order valence-electron chi connectivity index (χ2n) is 7.81. The number of aryl methyl sites for hydroxylation is 1. The van der Waals surface area contributed by atoms with Gasteiger partial charge < -0.3 is 15.0 Å². The van der Waals surface area contributed by atoms with E-state index in [2.05, 4.69) is 75.8 Å². The maximum Gasteiger partial charge on any atom is 0.130 e.